The SMILES string of the molecule is Cc1[c-]scc1.[CH3-].[W+2]. The number of hydrogen-bond acceptors (Lipinski definition) is 1. The van der Waals surface area contributed by atoms with Crippen molar-refractivity contribution < 1.29 is 21.1 Å². The average molecular weight is 296 g/mol. The molecular formula is C6H8SW. The average Bonchev–Trinajstić information content (AvgIpc) is 1.86. The van der Waals surface area contributed by atoms with Crippen molar-refractivity contribution in [2.45, 2.75) is 6.92 Å². The summed E-state index contributed by atoms with van der Waals surface area (Å²) in [6, 6.07) is 2.05. The molecule has 0 bridgehead atoms. The van der Waals surface area contributed by atoms with Crippen LogP contribution in [0.4, 0.5) is 0 Å². The summed E-state index contributed by atoms with van der Waals surface area (Å²) in [5.41, 5.74) is 1.24. The Kier molecular flexibility index (Phi) is 7.75. The van der Waals surface area contributed by atoms with Crippen molar-refractivity contribution in [3.8, 4) is 0 Å². The topological polar surface area (TPSA) is 0 Å². The maximum absolute atomic E-state index is 3.04. The van der Waals surface area contributed by atoms with Crippen LogP contribution in [-0.4, -0.2) is 0 Å². The van der Waals surface area contributed by atoms with Gasteiger partial charge in [0, 0.05) is 0 Å². The summed E-state index contributed by atoms with van der Waals surface area (Å²) < 4.78 is 0. The van der Waals surface area contributed by atoms with E-state index in [2.05, 4.69) is 5.38 Å². The molecule has 1 heterocycles. The fraction of sp³-hybridized carbons (Fsp3) is 0.167. The Hall–Kier alpha value is 0.388. The fourth-order valence-electron chi connectivity index (χ4n) is 0.297. The molecule has 0 radical (unpaired) electrons. The summed E-state index contributed by atoms with van der Waals surface area (Å²) in [5, 5.41) is 5.06. The van der Waals surface area contributed by atoms with Crippen LogP contribution in [0.3, 0.4) is 0 Å². The molecular weight excluding hydrogens is 288 g/mol. The van der Waals surface area contributed by atoms with Crippen LogP contribution in [0.2, 0.25) is 0 Å². The van der Waals surface area contributed by atoms with E-state index in [1.54, 1.807) is 11.3 Å². The Morgan fingerprint density at radius 1 is 1.62 bits per heavy atom. The van der Waals surface area contributed by atoms with Gasteiger partial charge in [0.1, 0.15) is 0 Å². The third-order valence-electron chi connectivity index (χ3n) is 0.606. The van der Waals surface area contributed by atoms with Crippen molar-refractivity contribution in [2.75, 3.05) is 0 Å². The maximum atomic E-state index is 3.04. The third-order valence-corrected chi connectivity index (χ3v) is 1.32. The van der Waals surface area contributed by atoms with Crippen LogP contribution in [0.15, 0.2) is 11.4 Å². The van der Waals surface area contributed by atoms with Crippen molar-refractivity contribution in [1.82, 2.24) is 0 Å². The molecule has 0 aromatic carbocycles. The van der Waals surface area contributed by atoms with Gasteiger partial charge in [-0.25, -0.2) is 6.07 Å². The quantitative estimate of drug-likeness (QED) is 0.645. The Morgan fingerprint density at radius 3 is 2.38 bits per heavy atom. The molecule has 2 heteroatoms. The monoisotopic (exact) mass is 296 g/mol. The summed E-state index contributed by atoms with van der Waals surface area (Å²) in [7, 11) is 0. The number of hydrogen-bond donors (Lipinski definition) is 0. The van der Waals surface area contributed by atoms with Crippen molar-refractivity contribution >= 4 is 11.3 Å². The molecule has 0 saturated heterocycles. The summed E-state index contributed by atoms with van der Waals surface area (Å²) in [5.74, 6) is 0. The second-order valence-electron chi connectivity index (χ2n) is 1.21. The maximum Gasteiger partial charge on any atom is 2.00 e. The van der Waals surface area contributed by atoms with E-state index in [0.29, 0.717) is 0 Å². The van der Waals surface area contributed by atoms with E-state index in [-0.39, 0.29) is 28.5 Å². The van der Waals surface area contributed by atoms with E-state index >= 15 is 0 Å². The Balaban J connectivity index is 0. The first kappa shape index (κ1) is 11.2. The molecule has 0 amide bonds. The van der Waals surface area contributed by atoms with E-state index in [0.717, 1.165) is 0 Å². The molecule has 0 aliphatic rings. The van der Waals surface area contributed by atoms with E-state index in [9.17, 15) is 0 Å². The third kappa shape index (κ3) is 3.40. The zero-order valence-electron chi connectivity index (χ0n) is 4.97. The number of thiophene rings is 1. The largest absolute Gasteiger partial charge is 2.00 e. The van der Waals surface area contributed by atoms with Gasteiger partial charge in [-0.3, -0.25) is 0 Å². The number of aryl methyl sites for hydroxylation is 1. The van der Waals surface area contributed by atoms with Crippen LogP contribution in [0, 0.1) is 19.7 Å². The summed E-state index contributed by atoms with van der Waals surface area (Å²) >= 11 is 1.61. The minimum Gasteiger partial charge on any atom is -0.358 e. The van der Waals surface area contributed by atoms with Crippen LogP contribution in [-0.2, 0) is 21.1 Å². The molecule has 0 aliphatic heterocycles. The van der Waals surface area contributed by atoms with Crippen LogP contribution in [0.1, 0.15) is 5.56 Å². The molecule has 0 atom stereocenters. The van der Waals surface area contributed by atoms with Gasteiger partial charge in [-0.1, -0.05) is 6.92 Å². The standard InChI is InChI=1S/C5H5S.CH3.W/c1-5-2-3-6-4-5;;/h2-3H,1H3;1H3;/q2*-1;+2. The molecule has 0 fully saturated rings. The van der Waals surface area contributed by atoms with Crippen LogP contribution >= 0.6 is 11.3 Å². The smallest absolute Gasteiger partial charge is 0.358 e. The van der Waals surface area contributed by atoms with Crippen LogP contribution in [0.25, 0.3) is 0 Å². The molecule has 1 rings (SSSR count). The van der Waals surface area contributed by atoms with Gasteiger partial charge in [-0.2, -0.15) is 10.9 Å². The van der Waals surface area contributed by atoms with Gasteiger partial charge in [0.05, 0.1) is 0 Å². The first-order valence-corrected chi connectivity index (χ1v) is 2.69. The molecule has 0 spiro atoms. The molecule has 0 unspecified atom stereocenters. The van der Waals surface area contributed by atoms with Crippen molar-refractivity contribution in [1.29, 1.82) is 0 Å². The second kappa shape index (κ2) is 5.52. The van der Waals surface area contributed by atoms with E-state index < -0.39 is 0 Å². The molecule has 8 heavy (non-hydrogen) atoms. The van der Waals surface area contributed by atoms with Gasteiger partial charge in [0.15, 0.2) is 0 Å². The zero-order chi connectivity index (χ0) is 4.41. The van der Waals surface area contributed by atoms with Gasteiger partial charge < -0.3 is 18.8 Å². The molecule has 0 saturated carbocycles. The van der Waals surface area contributed by atoms with E-state index in [4.69, 9.17) is 0 Å². The first-order chi connectivity index (χ1) is 2.89. The molecule has 0 nitrogen and oxygen atoms in total. The first-order valence-electron chi connectivity index (χ1n) is 1.81. The fourth-order valence-corrected chi connectivity index (χ4v) is 0.891. The van der Waals surface area contributed by atoms with E-state index in [1.165, 1.54) is 5.56 Å². The van der Waals surface area contributed by atoms with Crippen molar-refractivity contribution in [3.05, 3.63) is 29.8 Å². The second-order valence-corrected chi connectivity index (χ2v) is 1.92. The Morgan fingerprint density at radius 2 is 2.25 bits per heavy atom. The van der Waals surface area contributed by atoms with Crippen LogP contribution in [0.5, 0.6) is 0 Å². The van der Waals surface area contributed by atoms with E-state index in [1.807, 2.05) is 18.4 Å². The number of rotatable bonds is 0. The van der Waals surface area contributed by atoms with Crippen molar-refractivity contribution in [2.24, 2.45) is 0 Å². The van der Waals surface area contributed by atoms with Crippen molar-refractivity contribution in [3.63, 3.8) is 0 Å². The van der Waals surface area contributed by atoms with Gasteiger partial charge in [0.25, 0.3) is 0 Å². The Labute approximate surface area is 69.2 Å². The molecule has 1 aromatic heterocycles. The molecule has 44 valence electrons. The van der Waals surface area contributed by atoms with Gasteiger partial charge in [-0.15, -0.1) is 5.38 Å². The zero-order valence-corrected chi connectivity index (χ0v) is 8.72. The summed E-state index contributed by atoms with van der Waals surface area (Å²) in [6.45, 7) is 2.04. The summed E-state index contributed by atoms with van der Waals surface area (Å²) in [4.78, 5) is 0. The Bertz CT molecular complexity index is 112. The summed E-state index contributed by atoms with van der Waals surface area (Å²) in [6.07, 6.45) is 0. The normalized spacial score (nSPS) is 6.62. The van der Waals surface area contributed by atoms with Gasteiger partial charge in [-0.05, 0) is 0 Å². The molecule has 1 aromatic rings. The molecule has 0 aliphatic carbocycles. The minimum absolute atomic E-state index is 0. The van der Waals surface area contributed by atoms with Crippen LogP contribution < -0.4 is 0 Å². The predicted octanol–water partition coefficient (Wildman–Crippen LogP) is 2.30. The van der Waals surface area contributed by atoms with Gasteiger partial charge in [0.2, 0.25) is 0 Å². The predicted molar refractivity (Wildman–Crippen MR) is 34.3 cm³/mol. The minimum atomic E-state index is 0. The van der Waals surface area contributed by atoms with Gasteiger partial charge >= 0.3 is 21.1 Å². The molecule has 0 N–H and O–H groups in total.